The summed E-state index contributed by atoms with van der Waals surface area (Å²) in [5, 5.41) is 16.3. The van der Waals surface area contributed by atoms with Crippen LogP contribution < -0.4 is 14.5 Å². The number of carbonyl (C=O) groups is 1. The molecule has 1 amide bonds. The summed E-state index contributed by atoms with van der Waals surface area (Å²) in [6.45, 7) is 2.36. The Bertz CT molecular complexity index is 1000. The number of nitro groups is 1. The lowest BCUT2D eigenvalue weighted by molar-refractivity contribution is -0.384. The molecule has 142 valence electrons. The highest BCUT2D eigenvalue weighted by Crippen LogP contribution is 2.32. The van der Waals surface area contributed by atoms with Crippen LogP contribution in [0.25, 0.3) is 0 Å². The molecule has 0 radical (unpaired) electrons. The first-order chi connectivity index (χ1) is 13.5. The Labute approximate surface area is 160 Å². The van der Waals surface area contributed by atoms with Crippen LogP contribution >= 0.6 is 0 Å². The molecule has 9 heteroatoms. The second-order valence-corrected chi connectivity index (χ2v) is 6.32. The number of hydrogen-bond donors (Lipinski definition) is 0. The summed E-state index contributed by atoms with van der Waals surface area (Å²) in [4.78, 5) is 27.3. The van der Waals surface area contributed by atoms with Gasteiger partial charge in [-0.1, -0.05) is 6.07 Å². The van der Waals surface area contributed by atoms with Gasteiger partial charge in [0, 0.05) is 18.3 Å². The fourth-order valence-electron chi connectivity index (χ4n) is 2.95. The minimum atomic E-state index is -0.566. The molecule has 0 saturated carbocycles. The number of amides is 1. The summed E-state index contributed by atoms with van der Waals surface area (Å²) >= 11 is 0. The van der Waals surface area contributed by atoms with E-state index in [-0.39, 0.29) is 18.4 Å². The highest BCUT2D eigenvalue weighted by atomic mass is 16.7. The summed E-state index contributed by atoms with van der Waals surface area (Å²) in [6, 6.07) is 11.3. The van der Waals surface area contributed by atoms with Gasteiger partial charge in [-0.05, 0) is 36.8 Å². The highest BCUT2D eigenvalue weighted by molar-refractivity contribution is 6.23. The molecule has 2 aromatic carbocycles. The van der Waals surface area contributed by atoms with Gasteiger partial charge in [0.2, 0.25) is 6.79 Å². The largest absolute Gasteiger partial charge is 0.454 e. The van der Waals surface area contributed by atoms with E-state index in [0.717, 1.165) is 5.56 Å². The van der Waals surface area contributed by atoms with Crippen LogP contribution in [-0.4, -0.2) is 29.5 Å². The van der Waals surface area contributed by atoms with Gasteiger partial charge in [0.05, 0.1) is 22.9 Å². The molecule has 0 bridgehead atoms. The van der Waals surface area contributed by atoms with Gasteiger partial charge < -0.3 is 9.47 Å². The molecule has 2 heterocycles. The zero-order chi connectivity index (χ0) is 19.7. The number of hydrazone groups is 1. The van der Waals surface area contributed by atoms with E-state index in [4.69, 9.17) is 9.47 Å². The Morgan fingerprint density at radius 3 is 2.75 bits per heavy atom. The molecule has 0 saturated heterocycles. The van der Waals surface area contributed by atoms with Crippen LogP contribution in [-0.2, 0) is 11.3 Å². The Hall–Kier alpha value is -3.75. The van der Waals surface area contributed by atoms with E-state index in [1.807, 2.05) is 18.2 Å². The van der Waals surface area contributed by atoms with Crippen molar-refractivity contribution in [2.75, 3.05) is 11.8 Å². The number of nitro benzene ring substituents is 1. The summed E-state index contributed by atoms with van der Waals surface area (Å²) < 4.78 is 10.6. The minimum Gasteiger partial charge on any atom is -0.454 e. The van der Waals surface area contributed by atoms with E-state index >= 15 is 0 Å². The highest BCUT2D eigenvalue weighted by Gasteiger charge is 2.33. The SMILES string of the molecule is CC1=NN(c2ccc([N+](=O)[O-])cc2)C(=O)[C@H]1C=NCc1ccc2c(c1)OCO2. The van der Waals surface area contributed by atoms with Crippen molar-refractivity contribution in [1.29, 1.82) is 0 Å². The quantitative estimate of drug-likeness (QED) is 0.450. The molecule has 0 unspecified atom stereocenters. The maximum Gasteiger partial charge on any atom is 0.269 e. The average molecular weight is 380 g/mol. The van der Waals surface area contributed by atoms with Crippen molar-refractivity contribution in [3.05, 3.63) is 58.1 Å². The number of anilines is 1. The van der Waals surface area contributed by atoms with Crippen molar-refractivity contribution in [3.8, 4) is 11.5 Å². The maximum atomic E-state index is 12.7. The molecule has 0 N–H and O–H groups in total. The lowest BCUT2D eigenvalue weighted by atomic mass is 10.1. The second kappa shape index (κ2) is 7.10. The van der Waals surface area contributed by atoms with Crippen LogP contribution in [0, 0.1) is 16.0 Å². The Morgan fingerprint density at radius 1 is 1.25 bits per heavy atom. The van der Waals surface area contributed by atoms with E-state index < -0.39 is 10.8 Å². The Kier molecular flexibility index (Phi) is 4.48. The molecule has 0 fully saturated rings. The van der Waals surface area contributed by atoms with Crippen LogP contribution in [0.5, 0.6) is 11.5 Å². The van der Waals surface area contributed by atoms with Crippen molar-refractivity contribution >= 4 is 29.2 Å². The smallest absolute Gasteiger partial charge is 0.269 e. The molecular weight excluding hydrogens is 364 g/mol. The zero-order valence-electron chi connectivity index (χ0n) is 14.9. The van der Waals surface area contributed by atoms with Gasteiger partial charge in [-0.25, -0.2) is 0 Å². The number of fused-ring (bicyclic) bond motifs is 1. The lowest BCUT2D eigenvalue weighted by Gasteiger charge is -2.12. The molecule has 0 aromatic heterocycles. The maximum absolute atomic E-state index is 12.7. The van der Waals surface area contributed by atoms with Crippen molar-refractivity contribution in [3.63, 3.8) is 0 Å². The van der Waals surface area contributed by atoms with E-state index in [1.54, 1.807) is 13.1 Å². The summed E-state index contributed by atoms with van der Waals surface area (Å²) in [5.41, 5.74) is 1.98. The van der Waals surface area contributed by atoms with Crippen LogP contribution in [0.2, 0.25) is 0 Å². The fourth-order valence-corrected chi connectivity index (χ4v) is 2.95. The van der Waals surface area contributed by atoms with E-state index in [1.165, 1.54) is 29.3 Å². The number of hydrogen-bond acceptors (Lipinski definition) is 7. The number of benzene rings is 2. The summed E-state index contributed by atoms with van der Waals surface area (Å²) in [6.07, 6.45) is 1.58. The molecule has 1 atom stereocenters. The molecule has 0 spiro atoms. The molecule has 28 heavy (non-hydrogen) atoms. The third-order valence-corrected chi connectivity index (χ3v) is 4.45. The van der Waals surface area contributed by atoms with Gasteiger partial charge in [-0.2, -0.15) is 10.1 Å². The van der Waals surface area contributed by atoms with Crippen molar-refractivity contribution < 1.29 is 19.2 Å². The van der Waals surface area contributed by atoms with Gasteiger partial charge in [0.25, 0.3) is 11.6 Å². The topological polar surface area (TPSA) is 107 Å². The van der Waals surface area contributed by atoms with Crippen LogP contribution in [0.1, 0.15) is 12.5 Å². The van der Waals surface area contributed by atoms with Crippen LogP contribution in [0.3, 0.4) is 0 Å². The molecule has 2 aliphatic rings. The van der Waals surface area contributed by atoms with Gasteiger partial charge in [-0.15, -0.1) is 0 Å². The van der Waals surface area contributed by atoms with Gasteiger partial charge in [0.1, 0.15) is 5.92 Å². The van der Waals surface area contributed by atoms with E-state index in [2.05, 4.69) is 10.1 Å². The normalized spacial score (nSPS) is 18.0. The molecule has 0 aliphatic carbocycles. The van der Waals surface area contributed by atoms with Gasteiger partial charge in [0.15, 0.2) is 11.5 Å². The average Bonchev–Trinajstić information content (AvgIpc) is 3.27. The monoisotopic (exact) mass is 380 g/mol. The van der Waals surface area contributed by atoms with E-state index in [0.29, 0.717) is 29.4 Å². The first-order valence-electron chi connectivity index (χ1n) is 8.55. The van der Waals surface area contributed by atoms with Crippen LogP contribution in [0.15, 0.2) is 52.6 Å². The van der Waals surface area contributed by atoms with Crippen molar-refractivity contribution in [2.24, 2.45) is 16.0 Å². The third kappa shape index (κ3) is 3.29. The first kappa shape index (κ1) is 17.7. The lowest BCUT2D eigenvalue weighted by Crippen LogP contribution is -2.27. The predicted molar refractivity (Wildman–Crippen MR) is 102 cm³/mol. The van der Waals surface area contributed by atoms with Gasteiger partial charge in [-0.3, -0.25) is 19.9 Å². The molecule has 2 aliphatic heterocycles. The first-order valence-corrected chi connectivity index (χ1v) is 8.55. The van der Waals surface area contributed by atoms with E-state index in [9.17, 15) is 14.9 Å². The molecule has 2 aromatic rings. The summed E-state index contributed by atoms with van der Waals surface area (Å²) in [5.74, 6) is 0.581. The molecule has 9 nitrogen and oxygen atoms in total. The molecule has 4 rings (SSSR count). The fraction of sp³-hybridized carbons (Fsp3) is 0.211. The van der Waals surface area contributed by atoms with Crippen LogP contribution in [0.4, 0.5) is 11.4 Å². The number of carbonyl (C=O) groups excluding carboxylic acids is 1. The number of nitrogens with zero attached hydrogens (tertiary/aromatic N) is 4. The molecular formula is C19H16N4O5. The second-order valence-electron chi connectivity index (χ2n) is 6.32. The Balaban J connectivity index is 1.44. The van der Waals surface area contributed by atoms with Gasteiger partial charge >= 0.3 is 0 Å². The number of ether oxygens (including phenoxy) is 2. The standard InChI is InChI=1S/C19H16N4O5/c1-12-16(10-20-9-13-2-7-17-18(8-13)28-11-27-17)19(24)22(21-12)14-3-5-15(6-4-14)23(25)26/h2-8,10,16H,9,11H2,1H3/t16-/m0/s1. The number of aliphatic imine (C=N–C) groups is 1. The summed E-state index contributed by atoms with van der Waals surface area (Å²) in [7, 11) is 0. The van der Waals surface area contributed by atoms with Crippen molar-refractivity contribution in [1.82, 2.24) is 0 Å². The predicted octanol–water partition coefficient (Wildman–Crippen LogP) is 2.93. The Morgan fingerprint density at radius 2 is 2.00 bits per heavy atom. The third-order valence-electron chi connectivity index (χ3n) is 4.45. The minimum absolute atomic E-state index is 0.0436. The zero-order valence-corrected chi connectivity index (χ0v) is 14.9. The number of non-ortho nitro benzene ring substituents is 1. The van der Waals surface area contributed by atoms with Crippen molar-refractivity contribution in [2.45, 2.75) is 13.5 Å². The number of rotatable bonds is 5.